The number of anilines is 1. The molecule has 0 saturated carbocycles. The first-order chi connectivity index (χ1) is 15.3. The number of aromatic nitrogens is 1. The van der Waals surface area contributed by atoms with Crippen LogP contribution in [-0.2, 0) is 10.0 Å². The van der Waals surface area contributed by atoms with Gasteiger partial charge in [-0.2, -0.15) is 4.31 Å². The monoisotopic (exact) mass is 513 g/mol. The van der Waals surface area contributed by atoms with Crippen molar-refractivity contribution in [1.29, 1.82) is 0 Å². The maximum absolute atomic E-state index is 13.0. The van der Waals surface area contributed by atoms with E-state index in [0.717, 1.165) is 16.4 Å². The minimum Gasteiger partial charge on any atom is -0.497 e. The van der Waals surface area contributed by atoms with E-state index >= 15 is 0 Å². The number of thiazole rings is 1. The third-order valence-electron chi connectivity index (χ3n) is 5.16. The first kappa shape index (κ1) is 23.1. The molecule has 3 aromatic rings. The Bertz CT molecular complexity index is 1200. The van der Waals surface area contributed by atoms with Gasteiger partial charge in [0.2, 0.25) is 10.0 Å². The predicted molar refractivity (Wildman–Crippen MR) is 128 cm³/mol. The zero-order valence-electron chi connectivity index (χ0n) is 17.4. The molecular weight excluding hydrogens is 493 g/mol. The predicted octanol–water partition coefficient (Wildman–Crippen LogP) is 4.65. The van der Waals surface area contributed by atoms with E-state index in [4.69, 9.17) is 37.7 Å². The topological polar surface area (TPSA) is 72.0 Å². The Morgan fingerprint density at radius 1 is 0.969 bits per heavy atom. The second kappa shape index (κ2) is 9.44. The zero-order valence-corrected chi connectivity index (χ0v) is 20.6. The van der Waals surface area contributed by atoms with Gasteiger partial charge in [0.05, 0.1) is 24.9 Å². The van der Waals surface area contributed by atoms with Gasteiger partial charge in [-0.25, -0.2) is 13.4 Å². The van der Waals surface area contributed by atoms with Crippen LogP contribution in [0.5, 0.6) is 11.5 Å². The van der Waals surface area contributed by atoms with Crippen molar-refractivity contribution in [3.63, 3.8) is 0 Å². The summed E-state index contributed by atoms with van der Waals surface area (Å²) in [5, 5.41) is 3.30. The lowest BCUT2D eigenvalue weighted by molar-refractivity contribution is 0.385. The molecule has 1 aliphatic heterocycles. The number of piperazine rings is 1. The summed E-state index contributed by atoms with van der Waals surface area (Å²) in [5.41, 5.74) is 1.70. The molecule has 0 amide bonds. The van der Waals surface area contributed by atoms with Crippen LogP contribution >= 0.6 is 34.5 Å². The summed E-state index contributed by atoms with van der Waals surface area (Å²) in [6, 6.07) is 10.1. The third kappa shape index (κ3) is 4.67. The molecule has 2 aromatic carbocycles. The highest BCUT2D eigenvalue weighted by molar-refractivity contribution is 7.89. The van der Waals surface area contributed by atoms with Crippen molar-refractivity contribution in [1.82, 2.24) is 9.29 Å². The second-order valence-corrected chi connectivity index (χ2v) is 10.7. The summed E-state index contributed by atoms with van der Waals surface area (Å²) in [6.07, 6.45) is 0. The molecule has 0 spiro atoms. The summed E-state index contributed by atoms with van der Waals surface area (Å²) < 4.78 is 38.2. The molecule has 0 bridgehead atoms. The highest BCUT2D eigenvalue weighted by Gasteiger charge is 2.31. The third-order valence-corrected chi connectivity index (χ3v) is 8.68. The Balaban J connectivity index is 1.49. The highest BCUT2D eigenvalue weighted by atomic mass is 35.5. The first-order valence-electron chi connectivity index (χ1n) is 9.71. The van der Waals surface area contributed by atoms with E-state index in [1.807, 2.05) is 23.6 Å². The van der Waals surface area contributed by atoms with Gasteiger partial charge >= 0.3 is 0 Å². The zero-order chi connectivity index (χ0) is 22.9. The fraction of sp³-hybridized carbons (Fsp3) is 0.286. The van der Waals surface area contributed by atoms with Gasteiger partial charge in [-0.1, -0.05) is 23.2 Å². The molecule has 0 atom stereocenters. The molecule has 0 radical (unpaired) electrons. The smallest absolute Gasteiger partial charge is 0.244 e. The van der Waals surface area contributed by atoms with E-state index in [9.17, 15) is 8.42 Å². The summed E-state index contributed by atoms with van der Waals surface area (Å²) >= 11 is 13.6. The normalized spacial score (nSPS) is 15.1. The molecule has 4 rings (SSSR count). The maximum atomic E-state index is 13.0. The minimum absolute atomic E-state index is 0.0311. The summed E-state index contributed by atoms with van der Waals surface area (Å²) in [6.45, 7) is 1.69. The van der Waals surface area contributed by atoms with Crippen LogP contribution in [0.15, 0.2) is 46.7 Å². The standard InChI is InChI=1S/C21H21Cl2N3O4S2/c1-29-16-9-14(10-17(12-16)30-2)19-13-31-21(24-19)25-5-7-26(8-6-25)32(27,28)20-11-15(22)3-4-18(20)23/h3-4,9-13H,5-8H2,1-2H3. The van der Waals surface area contributed by atoms with Gasteiger partial charge in [0.1, 0.15) is 16.4 Å². The minimum atomic E-state index is -3.73. The molecule has 170 valence electrons. The fourth-order valence-corrected chi connectivity index (χ4v) is 6.48. The second-order valence-electron chi connectivity index (χ2n) is 7.08. The highest BCUT2D eigenvalue weighted by Crippen LogP contribution is 2.34. The molecule has 0 N–H and O–H groups in total. The van der Waals surface area contributed by atoms with Crippen LogP contribution in [0.3, 0.4) is 0 Å². The molecule has 11 heteroatoms. The van der Waals surface area contributed by atoms with Crippen molar-refractivity contribution < 1.29 is 17.9 Å². The van der Waals surface area contributed by atoms with Crippen LogP contribution in [0.2, 0.25) is 10.0 Å². The lowest BCUT2D eigenvalue weighted by atomic mass is 10.1. The van der Waals surface area contributed by atoms with Gasteiger partial charge in [-0.05, 0) is 30.3 Å². The van der Waals surface area contributed by atoms with E-state index in [-0.39, 0.29) is 9.92 Å². The van der Waals surface area contributed by atoms with Crippen LogP contribution in [0.4, 0.5) is 5.13 Å². The van der Waals surface area contributed by atoms with E-state index in [0.29, 0.717) is 42.7 Å². The van der Waals surface area contributed by atoms with Crippen LogP contribution in [-0.4, -0.2) is 58.1 Å². The molecule has 0 aliphatic carbocycles. The SMILES string of the molecule is COc1cc(OC)cc(-c2csc(N3CCN(S(=O)(=O)c4cc(Cl)ccc4Cl)CC3)n2)c1. The van der Waals surface area contributed by atoms with Gasteiger partial charge in [-0.3, -0.25) is 0 Å². The van der Waals surface area contributed by atoms with Gasteiger partial charge in [0.15, 0.2) is 5.13 Å². The van der Waals surface area contributed by atoms with Gasteiger partial charge in [0.25, 0.3) is 0 Å². The fourth-order valence-electron chi connectivity index (χ4n) is 3.43. The Labute approximate surface area is 201 Å². The Kier molecular flexibility index (Phi) is 6.83. The van der Waals surface area contributed by atoms with Crippen molar-refractivity contribution in [3.8, 4) is 22.8 Å². The van der Waals surface area contributed by atoms with Crippen molar-refractivity contribution in [2.24, 2.45) is 0 Å². The number of rotatable bonds is 6. The van der Waals surface area contributed by atoms with Gasteiger partial charge in [0, 0.05) is 48.2 Å². The van der Waals surface area contributed by atoms with Crippen molar-refractivity contribution in [2.45, 2.75) is 4.90 Å². The number of methoxy groups -OCH3 is 2. The quantitative estimate of drug-likeness (QED) is 0.477. The van der Waals surface area contributed by atoms with Gasteiger partial charge < -0.3 is 14.4 Å². The summed E-state index contributed by atoms with van der Waals surface area (Å²) in [5.74, 6) is 1.37. The maximum Gasteiger partial charge on any atom is 0.244 e. The number of hydrogen-bond acceptors (Lipinski definition) is 7. The van der Waals surface area contributed by atoms with Crippen molar-refractivity contribution >= 4 is 49.7 Å². The molecular formula is C21H21Cl2N3O4S2. The number of sulfonamides is 1. The molecule has 1 saturated heterocycles. The molecule has 0 unspecified atom stereocenters. The summed E-state index contributed by atoms with van der Waals surface area (Å²) in [4.78, 5) is 6.86. The molecule has 1 aliphatic rings. The van der Waals surface area contributed by atoms with Crippen LogP contribution < -0.4 is 14.4 Å². The van der Waals surface area contributed by atoms with E-state index in [1.54, 1.807) is 20.3 Å². The number of benzene rings is 2. The largest absolute Gasteiger partial charge is 0.497 e. The van der Waals surface area contributed by atoms with Crippen molar-refractivity contribution in [3.05, 3.63) is 51.8 Å². The molecule has 32 heavy (non-hydrogen) atoms. The van der Waals surface area contributed by atoms with Crippen LogP contribution in [0, 0.1) is 0 Å². The summed E-state index contributed by atoms with van der Waals surface area (Å²) in [7, 11) is -0.516. The lowest BCUT2D eigenvalue weighted by Gasteiger charge is -2.34. The Hall–Kier alpha value is -2.04. The van der Waals surface area contributed by atoms with Gasteiger partial charge in [-0.15, -0.1) is 11.3 Å². The Morgan fingerprint density at radius 2 is 1.62 bits per heavy atom. The number of nitrogens with zero attached hydrogens (tertiary/aromatic N) is 3. The van der Waals surface area contributed by atoms with Crippen molar-refractivity contribution in [2.75, 3.05) is 45.3 Å². The van der Waals surface area contributed by atoms with E-state index in [2.05, 4.69) is 4.90 Å². The number of hydrogen-bond donors (Lipinski definition) is 0. The Morgan fingerprint density at radius 3 is 2.25 bits per heavy atom. The lowest BCUT2D eigenvalue weighted by Crippen LogP contribution is -2.48. The molecule has 1 aromatic heterocycles. The molecule has 7 nitrogen and oxygen atoms in total. The van der Waals surface area contributed by atoms with Crippen LogP contribution in [0.1, 0.15) is 0 Å². The van der Waals surface area contributed by atoms with E-state index in [1.165, 1.54) is 27.8 Å². The first-order valence-corrected chi connectivity index (χ1v) is 12.8. The number of halogens is 2. The molecule has 2 heterocycles. The number of ether oxygens (including phenoxy) is 2. The average molecular weight is 514 g/mol. The molecule has 1 fully saturated rings. The van der Waals surface area contributed by atoms with E-state index < -0.39 is 10.0 Å². The van der Waals surface area contributed by atoms with Crippen LogP contribution in [0.25, 0.3) is 11.3 Å². The average Bonchev–Trinajstić information content (AvgIpc) is 3.30.